The molecule has 0 aromatic carbocycles. The first-order valence-corrected chi connectivity index (χ1v) is 5.79. The van der Waals surface area contributed by atoms with Gasteiger partial charge in [-0.15, -0.1) is 10.2 Å². The highest BCUT2D eigenvalue weighted by molar-refractivity contribution is 5.04. The summed E-state index contributed by atoms with van der Waals surface area (Å²) in [6.07, 6.45) is -0.198. The molecule has 1 N–H and O–H groups in total. The Morgan fingerprint density at radius 1 is 1.35 bits per heavy atom. The monoisotopic (exact) mass is 241 g/mol. The Morgan fingerprint density at radius 3 is 2.65 bits per heavy atom. The number of aliphatic hydroxyl groups is 1. The molecular weight excluding hydrogens is 222 g/mol. The van der Waals surface area contributed by atoms with Crippen LogP contribution in [-0.4, -0.2) is 39.7 Å². The molecule has 6 heteroatoms. The molecule has 0 saturated carbocycles. The van der Waals surface area contributed by atoms with E-state index < -0.39 is 0 Å². The van der Waals surface area contributed by atoms with E-state index in [1.165, 1.54) is 0 Å². The summed E-state index contributed by atoms with van der Waals surface area (Å²) in [7, 11) is 0. The quantitative estimate of drug-likeness (QED) is 0.821. The first-order chi connectivity index (χ1) is 8.04. The fourth-order valence-electron chi connectivity index (χ4n) is 2.01. The fraction of sp³-hybridized carbons (Fsp3) is 0.818. The lowest BCUT2D eigenvalue weighted by molar-refractivity contribution is -0.0958. The third-order valence-corrected chi connectivity index (χ3v) is 2.67. The second-order valence-corrected chi connectivity index (χ2v) is 5.07. The molecule has 1 atom stereocenters. The van der Waals surface area contributed by atoms with Gasteiger partial charge in [-0.2, -0.15) is 0 Å². The van der Waals surface area contributed by atoms with E-state index >= 15 is 0 Å². The molecule has 1 saturated heterocycles. The molecule has 0 aliphatic carbocycles. The topological polar surface area (TPSA) is 69.4 Å². The van der Waals surface area contributed by atoms with E-state index in [-0.39, 0.29) is 18.2 Å². The zero-order valence-corrected chi connectivity index (χ0v) is 10.5. The highest BCUT2D eigenvalue weighted by Crippen LogP contribution is 2.26. The minimum Gasteiger partial charge on any atom is -0.388 e. The van der Waals surface area contributed by atoms with Gasteiger partial charge in [0.1, 0.15) is 12.7 Å². The predicted octanol–water partition coefficient (Wildman–Crippen LogP) is 0.613. The summed E-state index contributed by atoms with van der Waals surface area (Å²) in [5.41, 5.74) is -0.197. The molecule has 0 spiro atoms. The Kier molecular flexibility index (Phi) is 3.46. The summed E-state index contributed by atoms with van der Waals surface area (Å²) in [5, 5.41) is 17.4. The van der Waals surface area contributed by atoms with Crippen LogP contribution in [0.4, 0.5) is 0 Å². The van der Waals surface area contributed by atoms with Crippen molar-refractivity contribution < 1.29 is 14.6 Å². The van der Waals surface area contributed by atoms with E-state index in [4.69, 9.17) is 9.47 Å². The number of hydrogen-bond acceptors (Lipinski definition) is 5. The zero-order valence-electron chi connectivity index (χ0n) is 10.5. The van der Waals surface area contributed by atoms with Gasteiger partial charge in [-0.25, -0.2) is 0 Å². The van der Waals surface area contributed by atoms with Crippen LogP contribution in [0.2, 0.25) is 0 Å². The predicted molar refractivity (Wildman–Crippen MR) is 60.5 cm³/mol. The van der Waals surface area contributed by atoms with Crippen LogP contribution in [-0.2, 0) is 21.6 Å². The molecule has 2 heterocycles. The lowest BCUT2D eigenvalue weighted by atomic mass is 10.1. The number of rotatable bonds is 2. The molecule has 1 aromatic rings. The summed E-state index contributed by atoms with van der Waals surface area (Å²) in [5.74, 6) is 1.28. The summed E-state index contributed by atoms with van der Waals surface area (Å²) in [6, 6.07) is 0. The van der Waals surface area contributed by atoms with Crippen LogP contribution in [0.15, 0.2) is 0 Å². The molecule has 2 rings (SSSR count). The van der Waals surface area contributed by atoms with Crippen molar-refractivity contribution in [1.29, 1.82) is 0 Å². The lowest BCUT2D eigenvalue weighted by Gasteiger charge is -2.29. The molecule has 0 radical (unpaired) electrons. The van der Waals surface area contributed by atoms with E-state index in [9.17, 15) is 5.11 Å². The van der Waals surface area contributed by atoms with Crippen LogP contribution in [0, 0.1) is 0 Å². The molecule has 1 fully saturated rings. The average molecular weight is 241 g/mol. The highest BCUT2D eigenvalue weighted by Gasteiger charge is 2.29. The molecule has 0 amide bonds. The van der Waals surface area contributed by atoms with Gasteiger partial charge in [0.05, 0.1) is 19.8 Å². The molecule has 6 nitrogen and oxygen atoms in total. The highest BCUT2D eigenvalue weighted by atomic mass is 16.6. The minimum atomic E-state index is -0.198. The number of hydrogen-bond donors (Lipinski definition) is 1. The molecule has 1 aliphatic rings. The van der Waals surface area contributed by atoms with Gasteiger partial charge in [-0.1, -0.05) is 0 Å². The van der Waals surface area contributed by atoms with Crippen LogP contribution in [0.5, 0.6) is 0 Å². The molecule has 1 unspecified atom stereocenters. The van der Waals surface area contributed by atoms with Gasteiger partial charge in [0.15, 0.2) is 11.6 Å². The second kappa shape index (κ2) is 4.72. The summed E-state index contributed by atoms with van der Waals surface area (Å²) in [4.78, 5) is 0. The van der Waals surface area contributed by atoms with Crippen molar-refractivity contribution in [2.45, 2.75) is 39.0 Å². The fourth-order valence-corrected chi connectivity index (χ4v) is 2.01. The maximum absolute atomic E-state index is 9.30. The first kappa shape index (κ1) is 12.5. The van der Waals surface area contributed by atoms with Crippen molar-refractivity contribution >= 4 is 0 Å². The number of nitrogens with zero attached hydrogens (tertiary/aromatic N) is 3. The van der Waals surface area contributed by atoms with Crippen LogP contribution in [0.1, 0.15) is 38.5 Å². The lowest BCUT2D eigenvalue weighted by Crippen LogP contribution is -2.31. The Hall–Kier alpha value is -0.980. The largest absolute Gasteiger partial charge is 0.388 e. The molecule has 17 heavy (non-hydrogen) atoms. The molecule has 0 bridgehead atoms. The normalized spacial score (nSPS) is 21.8. The van der Waals surface area contributed by atoms with Gasteiger partial charge in [0, 0.05) is 5.54 Å². The Bertz CT molecular complexity index is 378. The van der Waals surface area contributed by atoms with Crippen molar-refractivity contribution in [3.05, 3.63) is 11.6 Å². The molecular formula is C11H19N3O3. The SMILES string of the molecule is CC(C)(C)n1c(CO)nnc1C1COCCO1. The summed E-state index contributed by atoms with van der Waals surface area (Å²) < 4.78 is 12.9. The minimum absolute atomic E-state index is 0.127. The average Bonchev–Trinajstić information content (AvgIpc) is 2.73. The van der Waals surface area contributed by atoms with Crippen molar-refractivity contribution in [3.8, 4) is 0 Å². The van der Waals surface area contributed by atoms with Crippen molar-refractivity contribution in [2.24, 2.45) is 0 Å². The van der Waals surface area contributed by atoms with Crippen molar-refractivity contribution in [1.82, 2.24) is 14.8 Å². The van der Waals surface area contributed by atoms with E-state index in [1.807, 2.05) is 25.3 Å². The second-order valence-electron chi connectivity index (χ2n) is 5.07. The molecule has 1 aliphatic heterocycles. The van der Waals surface area contributed by atoms with Crippen LogP contribution in [0.3, 0.4) is 0 Å². The summed E-state index contributed by atoms with van der Waals surface area (Å²) in [6.45, 7) is 7.68. The van der Waals surface area contributed by atoms with E-state index in [1.54, 1.807) is 0 Å². The standard InChI is InChI=1S/C11H19N3O3/c1-11(2,3)14-9(6-15)12-13-10(14)8-7-16-4-5-17-8/h8,15H,4-7H2,1-3H3. The maximum atomic E-state index is 9.30. The van der Waals surface area contributed by atoms with Gasteiger partial charge in [0.2, 0.25) is 0 Å². The smallest absolute Gasteiger partial charge is 0.165 e. The van der Waals surface area contributed by atoms with Gasteiger partial charge < -0.3 is 19.1 Å². The van der Waals surface area contributed by atoms with Crippen LogP contribution in [0.25, 0.3) is 0 Å². The third-order valence-electron chi connectivity index (χ3n) is 2.67. The molecule has 1 aromatic heterocycles. The number of aliphatic hydroxyl groups excluding tert-OH is 1. The Labute approximate surface area is 101 Å². The maximum Gasteiger partial charge on any atom is 0.165 e. The van der Waals surface area contributed by atoms with Gasteiger partial charge in [-0.05, 0) is 20.8 Å². The Morgan fingerprint density at radius 2 is 2.12 bits per heavy atom. The zero-order chi connectivity index (χ0) is 12.5. The Balaban J connectivity index is 2.36. The number of aromatic nitrogens is 3. The number of ether oxygens (including phenoxy) is 2. The van der Waals surface area contributed by atoms with Crippen molar-refractivity contribution in [3.63, 3.8) is 0 Å². The van der Waals surface area contributed by atoms with E-state index in [0.29, 0.717) is 25.6 Å². The third kappa shape index (κ3) is 2.48. The first-order valence-electron chi connectivity index (χ1n) is 5.79. The van der Waals surface area contributed by atoms with Gasteiger partial charge >= 0.3 is 0 Å². The van der Waals surface area contributed by atoms with Gasteiger partial charge in [-0.3, -0.25) is 0 Å². The van der Waals surface area contributed by atoms with E-state index in [2.05, 4.69) is 10.2 Å². The van der Waals surface area contributed by atoms with Crippen LogP contribution >= 0.6 is 0 Å². The van der Waals surface area contributed by atoms with Gasteiger partial charge in [0.25, 0.3) is 0 Å². The van der Waals surface area contributed by atoms with Crippen LogP contribution < -0.4 is 0 Å². The molecule has 96 valence electrons. The summed E-state index contributed by atoms with van der Waals surface area (Å²) >= 11 is 0. The van der Waals surface area contributed by atoms with E-state index in [0.717, 1.165) is 5.82 Å². The van der Waals surface area contributed by atoms with Crippen molar-refractivity contribution in [2.75, 3.05) is 19.8 Å².